The molecule has 0 amide bonds. The number of nitrogens with zero attached hydrogens (tertiary/aromatic N) is 1. The Balaban J connectivity index is 2.14. The van der Waals surface area contributed by atoms with Gasteiger partial charge < -0.3 is 5.73 Å². The lowest BCUT2D eigenvalue weighted by molar-refractivity contribution is 1.33. The van der Waals surface area contributed by atoms with Gasteiger partial charge in [-0.3, -0.25) is 4.99 Å². The van der Waals surface area contributed by atoms with E-state index in [1.807, 2.05) is 42.5 Å². The maximum atomic E-state index is 6.01. The molecule has 2 N–H and O–H groups in total. The molecule has 0 spiro atoms. The van der Waals surface area contributed by atoms with Gasteiger partial charge in [0.1, 0.15) is 0 Å². The number of allylic oxidation sites excluding steroid dienone is 1. The van der Waals surface area contributed by atoms with Crippen LogP contribution in [0, 0.1) is 0 Å². The Morgan fingerprint density at radius 2 is 1.61 bits per heavy atom. The highest BCUT2D eigenvalue weighted by atomic mass is 14.8. The molecule has 0 bridgehead atoms. The molecule has 0 atom stereocenters. The summed E-state index contributed by atoms with van der Waals surface area (Å²) in [5.41, 5.74) is 12.0. The Morgan fingerprint density at radius 3 is 2.39 bits per heavy atom. The Morgan fingerprint density at radius 1 is 0.944 bits per heavy atom. The quantitative estimate of drug-likeness (QED) is 0.749. The number of hydrogen-bond acceptors (Lipinski definition) is 2. The van der Waals surface area contributed by atoms with Gasteiger partial charge >= 0.3 is 0 Å². The Labute approximate surface area is 106 Å². The van der Waals surface area contributed by atoms with Crippen LogP contribution in [0.2, 0.25) is 0 Å². The van der Waals surface area contributed by atoms with E-state index in [1.165, 1.54) is 0 Å². The second-order valence-electron chi connectivity index (χ2n) is 4.44. The number of nitrogens with two attached hydrogens (primary N) is 1. The molecule has 2 aromatic rings. The number of hydrogen-bond donors (Lipinski definition) is 1. The van der Waals surface area contributed by atoms with Gasteiger partial charge in [0.05, 0.1) is 11.4 Å². The molecule has 0 unspecified atom stereocenters. The minimum absolute atomic E-state index is 0.755. The third-order valence-corrected chi connectivity index (χ3v) is 3.19. The SMILES string of the molecule is C=C1CC(c2ccccc2N)=Nc2ccccc21. The number of benzene rings is 2. The first-order valence-electron chi connectivity index (χ1n) is 5.95. The van der Waals surface area contributed by atoms with Crippen LogP contribution in [0.15, 0.2) is 60.1 Å². The molecule has 18 heavy (non-hydrogen) atoms. The molecule has 0 saturated carbocycles. The summed E-state index contributed by atoms with van der Waals surface area (Å²) in [6.07, 6.45) is 0.755. The van der Waals surface area contributed by atoms with E-state index in [9.17, 15) is 0 Å². The minimum atomic E-state index is 0.755. The van der Waals surface area contributed by atoms with E-state index in [-0.39, 0.29) is 0 Å². The van der Waals surface area contributed by atoms with Crippen molar-refractivity contribution in [1.82, 2.24) is 0 Å². The lowest BCUT2D eigenvalue weighted by Crippen LogP contribution is -2.08. The minimum Gasteiger partial charge on any atom is -0.398 e. The second kappa shape index (κ2) is 4.15. The maximum absolute atomic E-state index is 6.01. The number of anilines is 1. The molecule has 1 aliphatic rings. The van der Waals surface area contributed by atoms with Gasteiger partial charge in [-0.25, -0.2) is 0 Å². The molecule has 0 aliphatic carbocycles. The molecular weight excluding hydrogens is 220 g/mol. The van der Waals surface area contributed by atoms with Crippen molar-refractivity contribution in [2.24, 2.45) is 4.99 Å². The summed E-state index contributed by atoms with van der Waals surface area (Å²) in [5, 5.41) is 0. The molecular formula is C16H14N2. The van der Waals surface area contributed by atoms with Crippen LogP contribution in [-0.4, -0.2) is 5.71 Å². The molecule has 1 aliphatic heterocycles. The van der Waals surface area contributed by atoms with Gasteiger partial charge in [0, 0.05) is 23.2 Å². The lowest BCUT2D eigenvalue weighted by Gasteiger charge is -2.18. The zero-order chi connectivity index (χ0) is 12.5. The van der Waals surface area contributed by atoms with Crippen LogP contribution in [0.4, 0.5) is 11.4 Å². The van der Waals surface area contributed by atoms with Gasteiger partial charge in [0.25, 0.3) is 0 Å². The topological polar surface area (TPSA) is 38.4 Å². The predicted octanol–water partition coefficient (Wildman–Crippen LogP) is 3.81. The summed E-state index contributed by atoms with van der Waals surface area (Å²) in [5.74, 6) is 0. The number of nitrogen functional groups attached to an aromatic ring is 1. The molecule has 3 rings (SSSR count). The van der Waals surface area contributed by atoms with E-state index in [0.717, 1.165) is 40.2 Å². The van der Waals surface area contributed by atoms with E-state index >= 15 is 0 Å². The van der Waals surface area contributed by atoms with Gasteiger partial charge in [0.2, 0.25) is 0 Å². The monoisotopic (exact) mass is 234 g/mol. The summed E-state index contributed by atoms with van der Waals surface area (Å²) < 4.78 is 0. The first kappa shape index (κ1) is 10.8. The van der Waals surface area contributed by atoms with Crippen molar-refractivity contribution in [1.29, 1.82) is 0 Å². The van der Waals surface area contributed by atoms with Crippen molar-refractivity contribution in [2.75, 3.05) is 5.73 Å². The van der Waals surface area contributed by atoms with E-state index in [2.05, 4.69) is 12.6 Å². The van der Waals surface area contributed by atoms with Crippen LogP contribution in [-0.2, 0) is 0 Å². The summed E-state index contributed by atoms with van der Waals surface area (Å²) >= 11 is 0. The fraction of sp³-hybridized carbons (Fsp3) is 0.0625. The van der Waals surface area contributed by atoms with Crippen molar-refractivity contribution in [3.8, 4) is 0 Å². The molecule has 2 nitrogen and oxygen atoms in total. The molecule has 1 heterocycles. The van der Waals surface area contributed by atoms with Gasteiger partial charge in [-0.2, -0.15) is 0 Å². The third kappa shape index (κ3) is 1.72. The van der Waals surface area contributed by atoms with E-state index in [1.54, 1.807) is 0 Å². The molecule has 0 radical (unpaired) electrons. The van der Waals surface area contributed by atoms with Crippen LogP contribution < -0.4 is 5.73 Å². The average Bonchev–Trinajstić information content (AvgIpc) is 2.39. The molecule has 0 saturated heterocycles. The Hall–Kier alpha value is -2.35. The van der Waals surface area contributed by atoms with Crippen molar-refractivity contribution in [3.05, 3.63) is 66.2 Å². The lowest BCUT2D eigenvalue weighted by atomic mass is 9.93. The zero-order valence-corrected chi connectivity index (χ0v) is 10.1. The molecule has 0 fully saturated rings. The fourth-order valence-electron chi connectivity index (χ4n) is 2.27. The predicted molar refractivity (Wildman–Crippen MR) is 77.1 cm³/mol. The van der Waals surface area contributed by atoms with Crippen LogP contribution in [0.5, 0.6) is 0 Å². The van der Waals surface area contributed by atoms with Crippen LogP contribution in [0.25, 0.3) is 5.57 Å². The Kier molecular flexibility index (Phi) is 2.49. The molecule has 2 aromatic carbocycles. The van der Waals surface area contributed by atoms with Crippen LogP contribution >= 0.6 is 0 Å². The van der Waals surface area contributed by atoms with Crippen molar-refractivity contribution in [2.45, 2.75) is 6.42 Å². The standard InChI is InChI=1S/C16H14N2/c1-11-10-16(13-7-2-4-8-14(13)17)18-15-9-5-3-6-12(11)15/h2-9H,1,10,17H2. The van der Waals surface area contributed by atoms with Gasteiger partial charge in [-0.1, -0.05) is 43.0 Å². The summed E-state index contributed by atoms with van der Waals surface area (Å²) in [7, 11) is 0. The van der Waals surface area contributed by atoms with E-state index in [0.29, 0.717) is 0 Å². The smallest absolute Gasteiger partial charge is 0.0708 e. The maximum Gasteiger partial charge on any atom is 0.0708 e. The first-order chi connectivity index (χ1) is 8.75. The van der Waals surface area contributed by atoms with Gasteiger partial charge in [-0.05, 0) is 17.7 Å². The van der Waals surface area contributed by atoms with Gasteiger partial charge in [0.15, 0.2) is 0 Å². The summed E-state index contributed by atoms with van der Waals surface area (Å²) in [6.45, 7) is 4.14. The number of aliphatic imine (C=N–C) groups is 1. The molecule has 0 aromatic heterocycles. The largest absolute Gasteiger partial charge is 0.398 e. The normalized spacial score (nSPS) is 14.0. The van der Waals surface area contributed by atoms with Gasteiger partial charge in [-0.15, -0.1) is 0 Å². The van der Waals surface area contributed by atoms with Crippen LogP contribution in [0.1, 0.15) is 17.5 Å². The zero-order valence-electron chi connectivity index (χ0n) is 10.1. The number of fused-ring (bicyclic) bond motifs is 1. The highest BCUT2D eigenvalue weighted by molar-refractivity contribution is 6.12. The summed E-state index contributed by atoms with van der Waals surface area (Å²) in [4.78, 5) is 4.70. The van der Waals surface area contributed by atoms with Crippen LogP contribution in [0.3, 0.4) is 0 Å². The number of para-hydroxylation sites is 2. The molecule has 2 heteroatoms. The highest BCUT2D eigenvalue weighted by Crippen LogP contribution is 2.34. The Bertz CT molecular complexity index is 654. The average molecular weight is 234 g/mol. The first-order valence-corrected chi connectivity index (χ1v) is 5.95. The van der Waals surface area contributed by atoms with Crippen molar-refractivity contribution >= 4 is 22.7 Å². The third-order valence-electron chi connectivity index (χ3n) is 3.19. The highest BCUT2D eigenvalue weighted by Gasteiger charge is 2.17. The van der Waals surface area contributed by atoms with Crippen molar-refractivity contribution < 1.29 is 0 Å². The number of rotatable bonds is 1. The van der Waals surface area contributed by atoms with E-state index < -0.39 is 0 Å². The summed E-state index contributed by atoms with van der Waals surface area (Å²) in [6, 6.07) is 15.9. The second-order valence-corrected chi connectivity index (χ2v) is 4.44. The fourth-order valence-corrected chi connectivity index (χ4v) is 2.27. The van der Waals surface area contributed by atoms with Crippen molar-refractivity contribution in [3.63, 3.8) is 0 Å². The van der Waals surface area contributed by atoms with E-state index in [4.69, 9.17) is 10.7 Å². The molecule has 88 valence electrons.